The fourth-order valence-corrected chi connectivity index (χ4v) is 4.61. The van der Waals surface area contributed by atoms with Crippen molar-refractivity contribution in [3.63, 3.8) is 0 Å². The van der Waals surface area contributed by atoms with Crippen LogP contribution in [0.2, 0.25) is 0 Å². The number of carboxylic acid groups (broad SMARTS) is 3. The summed E-state index contributed by atoms with van der Waals surface area (Å²) in [5, 5.41) is 26.2. The number of hydrogen-bond donors (Lipinski definition) is 9. The molecule has 50 heavy (non-hydrogen) atoms. The van der Waals surface area contributed by atoms with E-state index >= 15 is 0 Å². The van der Waals surface area contributed by atoms with Gasteiger partial charge in [-0.3, -0.25) is 28.8 Å². The number of nitrogens with two attached hydrogens (primary N) is 6. The average Bonchev–Trinajstić information content (AvgIpc) is 3.03. The summed E-state index contributed by atoms with van der Waals surface area (Å²) >= 11 is 0. The van der Waals surface area contributed by atoms with Crippen LogP contribution in [0.5, 0.6) is 0 Å². The molecule has 294 valence electrons. The van der Waals surface area contributed by atoms with Gasteiger partial charge in [-0.25, -0.2) is 0 Å². The molecule has 0 radical (unpaired) electrons. The summed E-state index contributed by atoms with van der Waals surface area (Å²) in [7, 11) is 0. The van der Waals surface area contributed by atoms with Gasteiger partial charge in [-0.2, -0.15) is 0 Å². The third-order valence-electron chi connectivity index (χ3n) is 9.21. The number of carbonyl (C=O) groups is 6. The SMILES string of the molecule is CC(=O)[C@@H](N)CC(C)C(N)CC[C@H](C)C(=O)O.CC(=O)[C@@H](N)CCC(N)C(C)C[C@H](C)C(=O)O.CC(=O)[C@@H](N)CCC(N)CC[C@H](C)C(=O)O. The summed E-state index contributed by atoms with van der Waals surface area (Å²) in [6, 6.07) is -1.65. The van der Waals surface area contributed by atoms with Crippen LogP contribution in [0.25, 0.3) is 0 Å². The zero-order valence-electron chi connectivity index (χ0n) is 31.7. The van der Waals surface area contributed by atoms with E-state index in [0.29, 0.717) is 64.2 Å². The molecule has 0 aliphatic carbocycles. The van der Waals surface area contributed by atoms with Crippen molar-refractivity contribution in [1.82, 2.24) is 0 Å². The quantitative estimate of drug-likeness (QED) is 0.0689. The van der Waals surface area contributed by atoms with Gasteiger partial charge in [0.15, 0.2) is 0 Å². The van der Waals surface area contributed by atoms with E-state index in [2.05, 4.69) is 0 Å². The minimum atomic E-state index is -0.801. The zero-order chi connectivity index (χ0) is 39.9. The molecule has 0 rings (SSSR count). The molecule has 5 unspecified atom stereocenters. The number of ketones is 3. The van der Waals surface area contributed by atoms with E-state index in [9.17, 15) is 28.8 Å². The lowest BCUT2D eigenvalue weighted by atomic mass is 9.88. The average molecular weight is 719 g/mol. The van der Waals surface area contributed by atoms with Gasteiger partial charge in [-0.05, 0) is 96.8 Å². The van der Waals surface area contributed by atoms with Crippen LogP contribution in [0.1, 0.15) is 120 Å². The van der Waals surface area contributed by atoms with E-state index in [1.54, 1.807) is 20.8 Å². The molecule has 15 heteroatoms. The number of aliphatic carboxylic acids is 3. The smallest absolute Gasteiger partial charge is 0.306 e. The summed E-state index contributed by atoms with van der Waals surface area (Å²) in [5.41, 5.74) is 34.6. The Morgan fingerprint density at radius 1 is 0.420 bits per heavy atom. The molecule has 11 atom stereocenters. The first-order chi connectivity index (χ1) is 22.8. The Morgan fingerprint density at radius 2 is 0.720 bits per heavy atom. The van der Waals surface area contributed by atoms with Crippen molar-refractivity contribution < 1.29 is 44.1 Å². The van der Waals surface area contributed by atoms with Crippen LogP contribution in [-0.2, 0) is 28.8 Å². The second-order valence-electron chi connectivity index (χ2n) is 14.2. The van der Waals surface area contributed by atoms with Crippen molar-refractivity contribution in [1.29, 1.82) is 0 Å². The molecule has 0 aromatic rings. The van der Waals surface area contributed by atoms with Gasteiger partial charge in [0.2, 0.25) is 0 Å². The Kier molecular flexibility index (Phi) is 28.7. The normalized spacial score (nSPS) is 17.6. The summed E-state index contributed by atoms with van der Waals surface area (Å²) in [4.78, 5) is 64.7. The number of hydrogen-bond acceptors (Lipinski definition) is 12. The third-order valence-corrected chi connectivity index (χ3v) is 9.21. The lowest BCUT2D eigenvalue weighted by molar-refractivity contribution is -0.142. The Labute approximate surface area is 299 Å². The van der Waals surface area contributed by atoms with Gasteiger partial charge in [-0.15, -0.1) is 0 Å². The van der Waals surface area contributed by atoms with Crippen molar-refractivity contribution in [2.45, 2.75) is 156 Å². The summed E-state index contributed by atoms with van der Waals surface area (Å²) in [6.07, 6.45) is 5.94. The van der Waals surface area contributed by atoms with Crippen molar-refractivity contribution >= 4 is 35.3 Å². The van der Waals surface area contributed by atoms with E-state index in [4.69, 9.17) is 49.7 Å². The van der Waals surface area contributed by atoms with E-state index in [1.807, 2.05) is 13.8 Å². The third kappa shape index (κ3) is 27.0. The predicted octanol–water partition coefficient (Wildman–Crippen LogP) is 2.03. The second kappa shape index (κ2) is 27.8. The molecule has 0 amide bonds. The van der Waals surface area contributed by atoms with E-state index in [-0.39, 0.29) is 59.1 Å². The second-order valence-corrected chi connectivity index (χ2v) is 14.2. The van der Waals surface area contributed by atoms with Crippen molar-refractivity contribution in [2.24, 2.45) is 64.0 Å². The van der Waals surface area contributed by atoms with Gasteiger partial charge in [0.25, 0.3) is 0 Å². The van der Waals surface area contributed by atoms with Crippen LogP contribution in [0.15, 0.2) is 0 Å². The molecule has 0 aliphatic rings. The maximum absolute atomic E-state index is 11.0. The van der Waals surface area contributed by atoms with Crippen LogP contribution in [0.4, 0.5) is 0 Å². The fourth-order valence-electron chi connectivity index (χ4n) is 4.61. The van der Waals surface area contributed by atoms with Crippen molar-refractivity contribution in [3.8, 4) is 0 Å². The summed E-state index contributed by atoms with van der Waals surface area (Å²) < 4.78 is 0. The Balaban J connectivity index is -0.000000663. The first kappa shape index (κ1) is 51.5. The highest BCUT2D eigenvalue weighted by atomic mass is 16.4. The van der Waals surface area contributed by atoms with E-state index in [0.717, 1.165) is 0 Å². The molecule has 0 saturated carbocycles. The maximum atomic E-state index is 11.0. The monoisotopic (exact) mass is 719 g/mol. The highest BCUT2D eigenvalue weighted by Gasteiger charge is 2.22. The van der Waals surface area contributed by atoms with E-state index in [1.165, 1.54) is 20.8 Å². The maximum Gasteiger partial charge on any atom is 0.306 e. The van der Waals surface area contributed by atoms with Gasteiger partial charge in [-0.1, -0.05) is 34.6 Å². The van der Waals surface area contributed by atoms with Crippen molar-refractivity contribution in [2.75, 3.05) is 0 Å². The van der Waals surface area contributed by atoms with Crippen LogP contribution < -0.4 is 34.4 Å². The molecule has 0 aromatic heterocycles. The topological polar surface area (TPSA) is 319 Å². The van der Waals surface area contributed by atoms with E-state index < -0.39 is 42.0 Å². The van der Waals surface area contributed by atoms with Crippen LogP contribution >= 0.6 is 0 Å². The predicted molar refractivity (Wildman–Crippen MR) is 195 cm³/mol. The van der Waals surface area contributed by atoms with Crippen LogP contribution in [0.3, 0.4) is 0 Å². The first-order valence-corrected chi connectivity index (χ1v) is 17.6. The summed E-state index contributed by atoms with van der Waals surface area (Å²) in [6.45, 7) is 13.3. The van der Waals surface area contributed by atoms with Gasteiger partial charge >= 0.3 is 17.9 Å². The molecule has 0 aliphatic heterocycles. The van der Waals surface area contributed by atoms with Gasteiger partial charge in [0.1, 0.15) is 17.3 Å². The van der Waals surface area contributed by atoms with Gasteiger partial charge < -0.3 is 49.7 Å². The minimum Gasteiger partial charge on any atom is -0.481 e. The Hall–Kier alpha value is -2.82. The van der Waals surface area contributed by atoms with Crippen LogP contribution in [0, 0.1) is 29.6 Å². The highest BCUT2D eigenvalue weighted by Crippen LogP contribution is 2.18. The number of carbonyl (C=O) groups excluding carboxylic acids is 3. The number of carboxylic acids is 3. The minimum absolute atomic E-state index is 0.0360. The largest absolute Gasteiger partial charge is 0.481 e. The first-order valence-electron chi connectivity index (χ1n) is 17.6. The summed E-state index contributed by atoms with van der Waals surface area (Å²) in [5.74, 6) is -3.42. The molecular formula is C35H70N6O9. The lowest BCUT2D eigenvalue weighted by Gasteiger charge is -2.22. The molecule has 0 fully saturated rings. The Morgan fingerprint density at radius 3 is 1.08 bits per heavy atom. The van der Waals surface area contributed by atoms with Gasteiger partial charge in [0, 0.05) is 18.1 Å². The van der Waals surface area contributed by atoms with Crippen LogP contribution in [-0.4, -0.2) is 86.8 Å². The molecule has 0 bridgehead atoms. The molecule has 0 aromatic carbocycles. The fraction of sp³-hybridized carbons (Fsp3) is 0.829. The standard InChI is InChI=1S/2C12H24N2O3.C11H22N2O3/c1-7(6-8(2)12(16)17)10(13)4-5-11(14)9(3)15;1-7(12(16)17)4-5-10(13)8(2)6-11(14)9(3)15;1-7(11(15)16)3-4-9(12)5-6-10(13)8(2)14/h2*7-8,10-11H,4-6,13-14H2,1-3H3,(H,16,17);7,9-10H,3-6,12-13H2,1-2H3,(H,15,16)/t7?,8-,10?,11-;7-,8?,10?,11-;7-,9?,10-/m000/s1. The highest BCUT2D eigenvalue weighted by molar-refractivity contribution is 5.81. The molecule has 15 N–H and O–H groups in total. The number of Topliss-reactive ketones (excluding diaryl/α,β-unsaturated/α-hetero) is 3. The zero-order valence-corrected chi connectivity index (χ0v) is 31.7. The molecule has 0 heterocycles. The number of rotatable bonds is 24. The molecular weight excluding hydrogens is 648 g/mol. The molecule has 15 nitrogen and oxygen atoms in total. The van der Waals surface area contributed by atoms with Crippen molar-refractivity contribution in [3.05, 3.63) is 0 Å². The Bertz CT molecular complexity index is 953. The lowest BCUT2D eigenvalue weighted by Crippen LogP contribution is -2.37. The molecule has 0 saturated heterocycles. The molecule has 0 spiro atoms. The van der Waals surface area contributed by atoms with Gasteiger partial charge in [0.05, 0.1) is 35.9 Å².